The SMILES string of the molecule is CCC(=O)c1ccc(C(=O)N2CCN(c3ccc4c(c3)CCN(C3CCC3)CC4)CC2)cc1. The second kappa shape index (κ2) is 9.68. The van der Waals surface area contributed by atoms with Crippen LogP contribution in [-0.2, 0) is 12.8 Å². The molecule has 2 aromatic carbocycles. The second-order valence-electron chi connectivity index (χ2n) is 9.71. The zero-order valence-corrected chi connectivity index (χ0v) is 19.8. The van der Waals surface area contributed by atoms with Gasteiger partial charge in [0.2, 0.25) is 0 Å². The molecule has 1 aliphatic carbocycles. The van der Waals surface area contributed by atoms with Crippen LogP contribution in [-0.4, -0.2) is 66.8 Å². The highest BCUT2D eigenvalue weighted by molar-refractivity contribution is 5.98. The van der Waals surface area contributed by atoms with Gasteiger partial charge >= 0.3 is 0 Å². The quantitative estimate of drug-likeness (QED) is 0.647. The van der Waals surface area contributed by atoms with Crippen LogP contribution in [0.25, 0.3) is 0 Å². The average Bonchev–Trinajstić information content (AvgIpc) is 3.04. The van der Waals surface area contributed by atoms with Gasteiger partial charge in [0, 0.05) is 68.5 Å². The molecule has 0 aromatic heterocycles. The Hall–Kier alpha value is -2.66. The van der Waals surface area contributed by atoms with Crippen molar-refractivity contribution in [1.82, 2.24) is 9.80 Å². The summed E-state index contributed by atoms with van der Waals surface area (Å²) in [6, 6.07) is 15.0. The van der Waals surface area contributed by atoms with E-state index in [2.05, 4.69) is 28.0 Å². The monoisotopic (exact) mass is 445 g/mol. The number of fused-ring (bicyclic) bond motifs is 1. The summed E-state index contributed by atoms with van der Waals surface area (Å²) in [5.41, 5.74) is 5.66. The van der Waals surface area contributed by atoms with E-state index >= 15 is 0 Å². The lowest BCUT2D eigenvalue weighted by Crippen LogP contribution is -2.48. The first-order valence-electron chi connectivity index (χ1n) is 12.7. The van der Waals surface area contributed by atoms with Crippen LogP contribution in [0.2, 0.25) is 0 Å². The molecule has 2 heterocycles. The molecule has 174 valence electrons. The number of ketones is 1. The van der Waals surface area contributed by atoms with Gasteiger partial charge in [0.15, 0.2) is 5.78 Å². The van der Waals surface area contributed by atoms with Crippen molar-refractivity contribution in [3.8, 4) is 0 Å². The van der Waals surface area contributed by atoms with Gasteiger partial charge in [-0.1, -0.05) is 31.5 Å². The van der Waals surface area contributed by atoms with Crippen LogP contribution in [0.4, 0.5) is 5.69 Å². The maximum absolute atomic E-state index is 13.0. The summed E-state index contributed by atoms with van der Waals surface area (Å²) in [5, 5.41) is 0. The Morgan fingerprint density at radius 2 is 1.48 bits per heavy atom. The number of benzene rings is 2. The minimum Gasteiger partial charge on any atom is -0.368 e. The highest BCUT2D eigenvalue weighted by Crippen LogP contribution is 2.29. The number of anilines is 1. The van der Waals surface area contributed by atoms with E-state index in [1.54, 1.807) is 24.3 Å². The summed E-state index contributed by atoms with van der Waals surface area (Å²) >= 11 is 0. The van der Waals surface area contributed by atoms with E-state index in [0.29, 0.717) is 17.5 Å². The Kier molecular flexibility index (Phi) is 6.50. The number of amides is 1. The van der Waals surface area contributed by atoms with Crippen LogP contribution in [0.3, 0.4) is 0 Å². The number of carbonyl (C=O) groups is 2. The number of piperazine rings is 1. The van der Waals surface area contributed by atoms with Gasteiger partial charge < -0.3 is 9.80 Å². The maximum Gasteiger partial charge on any atom is 0.253 e. The van der Waals surface area contributed by atoms with E-state index in [1.165, 1.54) is 49.2 Å². The van der Waals surface area contributed by atoms with Crippen LogP contribution in [0.15, 0.2) is 42.5 Å². The van der Waals surface area contributed by atoms with Crippen LogP contribution in [0.1, 0.15) is 64.4 Å². The van der Waals surface area contributed by atoms with Gasteiger partial charge in [-0.3, -0.25) is 14.5 Å². The number of rotatable bonds is 5. The summed E-state index contributed by atoms with van der Waals surface area (Å²) in [7, 11) is 0. The zero-order chi connectivity index (χ0) is 22.8. The predicted octanol–water partition coefficient (Wildman–Crippen LogP) is 4.19. The first kappa shape index (κ1) is 22.1. The maximum atomic E-state index is 13.0. The van der Waals surface area contributed by atoms with E-state index in [4.69, 9.17) is 0 Å². The van der Waals surface area contributed by atoms with Crippen molar-refractivity contribution in [3.63, 3.8) is 0 Å². The van der Waals surface area contributed by atoms with Gasteiger partial charge in [-0.2, -0.15) is 0 Å². The van der Waals surface area contributed by atoms with E-state index in [-0.39, 0.29) is 11.7 Å². The molecule has 0 spiro atoms. The molecule has 33 heavy (non-hydrogen) atoms. The molecule has 0 atom stereocenters. The van der Waals surface area contributed by atoms with E-state index in [9.17, 15) is 9.59 Å². The zero-order valence-electron chi connectivity index (χ0n) is 19.8. The van der Waals surface area contributed by atoms with E-state index < -0.39 is 0 Å². The van der Waals surface area contributed by atoms with Crippen molar-refractivity contribution in [2.75, 3.05) is 44.2 Å². The Morgan fingerprint density at radius 1 is 0.818 bits per heavy atom. The summed E-state index contributed by atoms with van der Waals surface area (Å²) in [6.07, 6.45) is 6.95. The van der Waals surface area contributed by atoms with Crippen molar-refractivity contribution in [2.45, 2.75) is 51.5 Å². The average molecular weight is 446 g/mol. The molecular weight excluding hydrogens is 410 g/mol. The van der Waals surface area contributed by atoms with Gasteiger partial charge in [0.25, 0.3) is 5.91 Å². The highest BCUT2D eigenvalue weighted by Gasteiger charge is 2.27. The van der Waals surface area contributed by atoms with Gasteiger partial charge in [0.05, 0.1) is 0 Å². The van der Waals surface area contributed by atoms with Gasteiger partial charge in [-0.15, -0.1) is 0 Å². The van der Waals surface area contributed by atoms with Crippen LogP contribution < -0.4 is 4.90 Å². The van der Waals surface area contributed by atoms with E-state index in [1.807, 2.05) is 11.8 Å². The lowest BCUT2D eigenvalue weighted by atomic mass is 9.91. The number of Topliss-reactive ketones (excluding diaryl/α,β-unsaturated/α-hetero) is 1. The topological polar surface area (TPSA) is 43.9 Å². The van der Waals surface area contributed by atoms with Crippen molar-refractivity contribution in [1.29, 1.82) is 0 Å². The first-order valence-corrected chi connectivity index (χ1v) is 12.7. The molecule has 1 saturated carbocycles. The Balaban J connectivity index is 1.19. The fraction of sp³-hybridized carbons (Fsp3) is 0.500. The number of hydrogen-bond acceptors (Lipinski definition) is 4. The highest BCUT2D eigenvalue weighted by atomic mass is 16.2. The van der Waals surface area contributed by atoms with Crippen molar-refractivity contribution < 1.29 is 9.59 Å². The minimum absolute atomic E-state index is 0.0585. The Labute approximate surface area is 197 Å². The molecule has 5 nitrogen and oxygen atoms in total. The van der Waals surface area contributed by atoms with Crippen LogP contribution >= 0.6 is 0 Å². The summed E-state index contributed by atoms with van der Waals surface area (Å²) < 4.78 is 0. The van der Waals surface area contributed by atoms with Crippen LogP contribution in [0, 0.1) is 0 Å². The van der Waals surface area contributed by atoms with Gasteiger partial charge in [-0.05, 0) is 61.1 Å². The van der Waals surface area contributed by atoms with E-state index in [0.717, 1.165) is 45.1 Å². The van der Waals surface area contributed by atoms with Gasteiger partial charge in [0.1, 0.15) is 0 Å². The Morgan fingerprint density at radius 3 is 2.12 bits per heavy atom. The third-order valence-electron chi connectivity index (χ3n) is 7.82. The molecular formula is C28H35N3O2. The molecule has 1 saturated heterocycles. The summed E-state index contributed by atoms with van der Waals surface area (Å²) in [5.74, 6) is 0.169. The molecule has 0 bridgehead atoms. The fourth-order valence-electron chi connectivity index (χ4n) is 5.40. The minimum atomic E-state index is 0.0585. The molecule has 3 aliphatic rings. The standard InChI is InChI=1S/C28H35N3O2/c1-2-27(32)22-6-8-23(9-7-22)28(33)31-18-16-30(17-19-31)26-11-10-21-12-14-29(25-4-3-5-25)15-13-24(21)20-26/h6-11,20,25H,2-5,12-19H2,1H3. The molecule has 0 radical (unpaired) electrons. The van der Waals surface area contributed by atoms with Crippen molar-refractivity contribution in [3.05, 3.63) is 64.7 Å². The van der Waals surface area contributed by atoms with Crippen LogP contribution in [0.5, 0.6) is 0 Å². The molecule has 2 fully saturated rings. The molecule has 5 rings (SSSR count). The molecule has 0 N–H and O–H groups in total. The molecule has 1 amide bonds. The summed E-state index contributed by atoms with van der Waals surface area (Å²) in [6.45, 7) is 7.39. The lowest BCUT2D eigenvalue weighted by molar-refractivity contribution is 0.0746. The van der Waals surface area contributed by atoms with Crippen molar-refractivity contribution in [2.24, 2.45) is 0 Å². The molecule has 0 unspecified atom stereocenters. The first-order chi connectivity index (χ1) is 16.1. The fourth-order valence-corrected chi connectivity index (χ4v) is 5.40. The second-order valence-corrected chi connectivity index (χ2v) is 9.71. The molecule has 5 heteroatoms. The van der Waals surface area contributed by atoms with Crippen molar-refractivity contribution >= 4 is 17.4 Å². The number of nitrogens with zero attached hydrogens (tertiary/aromatic N) is 3. The number of hydrogen-bond donors (Lipinski definition) is 0. The largest absolute Gasteiger partial charge is 0.368 e. The normalized spacial score (nSPS) is 19.5. The third-order valence-corrected chi connectivity index (χ3v) is 7.82. The number of carbonyl (C=O) groups excluding carboxylic acids is 2. The predicted molar refractivity (Wildman–Crippen MR) is 132 cm³/mol. The van der Waals surface area contributed by atoms with Gasteiger partial charge in [-0.25, -0.2) is 0 Å². The summed E-state index contributed by atoms with van der Waals surface area (Å²) in [4.78, 5) is 31.9. The Bertz CT molecular complexity index is 1000. The third kappa shape index (κ3) is 4.70. The molecule has 2 aliphatic heterocycles. The smallest absolute Gasteiger partial charge is 0.253 e. The molecule has 2 aromatic rings. The lowest BCUT2D eigenvalue weighted by Gasteiger charge is -2.36.